The number of pyridine rings is 1. The highest BCUT2D eigenvalue weighted by molar-refractivity contribution is 5.81. The SMILES string of the molecule is O=C(C1CC2C=CC1C2)N1CC(Oc2cccnc2)C1. The maximum atomic E-state index is 12.4. The van der Waals surface area contributed by atoms with E-state index >= 15 is 0 Å². The number of hydrogen-bond acceptors (Lipinski definition) is 3. The van der Waals surface area contributed by atoms with Gasteiger partial charge in [0.15, 0.2) is 0 Å². The van der Waals surface area contributed by atoms with Crippen molar-refractivity contribution in [3.63, 3.8) is 0 Å². The van der Waals surface area contributed by atoms with Crippen molar-refractivity contribution in [3.05, 3.63) is 36.7 Å². The molecule has 4 rings (SSSR count). The molecule has 0 aromatic carbocycles. The first-order valence-electron chi connectivity index (χ1n) is 7.33. The maximum absolute atomic E-state index is 12.4. The predicted octanol–water partition coefficient (Wildman–Crippen LogP) is 1.88. The number of carbonyl (C=O) groups is 1. The summed E-state index contributed by atoms with van der Waals surface area (Å²) in [6.45, 7) is 1.43. The first-order valence-corrected chi connectivity index (χ1v) is 7.33. The molecule has 2 aliphatic carbocycles. The van der Waals surface area contributed by atoms with Crippen molar-refractivity contribution in [2.45, 2.75) is 18.9 Å². The number of allylic oxidation sites excluding steroid dienone is 2. The summed E-state index contributed by atoms with van der Waals surface area (Å²) >= 11 is 0. The molecule has 3 atom stereocenters. The third-order valence-corrected chi connectivity index (χ3v) is 4.69. The number of fused-ring (bicyclic) bond motifs is 2. The van der Waals surface area contributed by atoms with Gasteiger partial charge in [-0.3, -0.25) is 9.78 Å². The minimum Gasteiger partial charge on any atom is -0.485 e. The van der Waals surface area contributed by atoms with Gasteiger partial charge in [-0.05, 0) is 36.8 Å². The Morgan fingerprint density at radius 2 is 2.20 bits per heavy atom. The average molecular weight is 270 g/mol. The van der Waals surface area contributed by atoms with E-state index in [2.05, 4.69) is 17.1 Å². The van der Waals surface area contributed by atoms with Gasteiger partial charge in [-0.2, -0.15) is 0 Å². The molecule has 104 valence electrons. The molecule has 1 saturated carbocycles. The largest absolute Gasteiger partial charge is 0.485 e. The minimum absolute atomic E-state index is 0.122. The summed E-state index contributed by atoms with van der Waals surface area (Å²) in [5.41, 5.74) is 0. The van der Waals surface area contributed by atoms with Gasteiger partial charge >= 0.3 is 0 Å². The Hall–Kier alpha value is -1.84. The Balaban J connectivity index is 1.31. The van der Waals surface area contributed by atoms with Crippen LogP contribution in [0.25, 0.3) is 0 Å². The molecule has 2 fully saturated rings. The summed E-state index contributed by atoms with van der Waals surface area (Å²) in [6.07, 6.45) is 10.3. The van der Waals surface area contributed by atoms with E-state index in [9.17, 15) is 4.79 Å². The highest BCUT2D eigenvalue weighted by Crippen LogP contribution is 2.44. The van der Waals surface area contributed by atoms with E-state index in [0.29, 0.717) is 30.8 Å². The number of rotatable bonds is 3. The summed E-state index contributed by atoms with van der Waals surface area (Å²) in [5.74, 6) is 2.48. The van der Waals surface area contributed by atoms with Crippen LogP contribution in [-0.4, -0.2) is 35.0 Å². The van der Waals surface area contributed by atoms with E-state index in [1.54, 1.807) is 12.4 Å². The minimum atomic E-state index is 0.122. The van der Waals surface area contributed by atoms with Crippen LogP contribution in [0.15, 0.2) is 36.7 Å². The molecule has 1 aliphatic heterocycles. The lowest BCUT2D eigenvalue weighted by molar-refractivity contribution is -0.145. The van der Waals surface area contributed by atoms with Crippen molar-refractivity contribution in [1.29, 1.82) is 0 Å². The second kappa shape index (κ2) is 4.62. The Morgan fingerprint density at radius 3 is 2.85 bits per heavy atom. The molecular weight excluding hydrogens is 252 g/mol. The third-order valence-electron chi connectivity index (χ3n) is 4.69. The average Bonchev–Trinajstić information content (AvgIpc) is 3.05. The van der Waals surface area contributed by atoms with Gasteiger partial charge in [-0.15, -0.1) is 0 Å². The van der Waals surface area contributed by atoms with E-state index in [1.165, 1.54) is 6.42 Å². The van der Waals surface area contributed by atoms with Crippen LogP contribution in [0, 0.1) is 17.8 Å². The first-order chi connectivity index (χ1) is 9.79. The fourth-order valence-electron chi connectivity index (χ4n) is 3.60. The number of likely N-dealkylation sites (tertiary alicyclic amines) is 1. The molecule has 3 unspecified atom stereocenters. The highest BCUT2D eigenvalue weighted by atomic mass is 16.5. The van der Waals surface area contributed by atoms with E-state index < -0.39 is 0 Å². The summed E-state index contributed by atoms with van der Waals surface area (Å²) in [7, 11) is 0. The highest BCUT2D eigenvalue weighted by Gasteiger charge is 2.44. The van der Waals surface area contributed by atoms with E-state index in [1.807, 2.05) is 17.0 Å². The molecule has 0 radical (unpaired) electrons. The lowest BCUT2D eigenvalue weighted by atomic mass is 9.91. The second-order valence-electron chi connectivity index (χ2n) is 6.06. The summed E-state index contributed by atoms with van der Waals surface area (Å²) in [6, 6.07) is 3.76. The molecule has 2 heterocycles. The Kier molecular flexibility index (Phi) is 2.76. The fraction of sp³-hybridized carbons (Fsp3) is 0.500. The molecule has 1 aromatic rings. The normalized spacial score (nSPS) is 31.4. The molecule has 1 aromatic heterocycles. The topological polar surface area (TPSA) is 42.4 Å². The Bertz CT molecular complexity index is 537. The van der Waals surface area contributed by atoms with Crippen LogP contribution in [0.1, 0.15) is 12.8 Å². The smallest absolute Gasteiger partial charge is 0.226 e. The number of nitrogens with zero attached hydrogens (tertiary/aromatic N) is 2. The lowest BCUT2D eigenvalue weighted by Crippen LogP contribution is -2.58. The number of carbonyl (C=O) groups excluding carboxylic acids is 1. The van der Waals surface area contributed by atoms with E-state index in [0.717, 1.165) is 12.2 Å². The van der Waals surface area contributed by atoms with Gasteiger partial charge in [-0.1, -0.05) is 12.2 Å². The molecule has 1 amide bonds. The van der Waals surface area contributed by atoms with Gasteiger partial charge in [0.05, 0.1) is 19.3 Å². The van der Waals surface area contributed by atoms with Gasteiger partial charge in [-0.25, -0.2) is 0 Å². The van der Waals surface area contributed by atoms with Gasteiger partial charge in [0.1, 0.15) is 11.9 Å². The van der Waals surface area contributed by atoms with Crippen molar-refractivity contribution < 1.29 is 9.53 Å². The van der Waals surface area contributed by atoms with Crippen molar-refractivity contribution in [2.75, 3.05) is 13.1 Å². The second-order valence-corrected chi connectivity index (χ2v) is 6.06. The molecule has 1 saturated heterocycles. The van der Waals surface area contributed by atoms with Crippen LogP contribution in [0.4, 0.5) is 0 Å². The lowest BCUT2D eigenvalue weighted by Gasteiger charge is -2.41. The van der Waals surface area contributed by atoms with Crippen LogP contribution in [0.3, 0.4) is 0 Å². The van der Waals surface area contributed by atoms with Crippen LogP contribution < -0.4 is 4.74 Å². The first kappa shape index (κ1) is 11.9. The maximum Gasteiger partial charge on any atom is 0.226 e. The number of hydrogen-bond donors (Lipinski definition) is 0. The molecule has 0 spiro atoms. The zero-order chi connectivity index (χ0) is 13.5. The molecule has 3 aliphatic rings. The Morgan fingerprint density at radius 1 is 1.30 bits per heavy atom. The van der Waals surface area contributed by atoms with E-state index in [-0.39, 0.29) is 12.0 Å². The zero-order valence-electron chi connectivity index (χ0n) is 11.3. The van der Waals surface area contributed by atoms with Crippen molar-refractivity contribution in [1.82, 2.24) is 9.88 Å². The standard InChI is InChI=1S/C16H18N2O2/c19-16(15-7-11-3-4-12(15)6-11)18-9-14(10-18)20-13-2-1-5-17-8-13/h1-5,8,11-12,14-15H,6-7,9-10H2. The van der Waals surface area contributed by atoms with Gasteiger partial charge in [0.2, 0.25) is 5.91 Å². The van der Waals surface area contributed by atoms with Gasteiger partial charge in [0, 0.05) is 12.1 Å². The van der Waals surface area contributed by atoms with Crippen molar-refractivity contribution >= 4 is 5.91 Å². The molecule has 4 nitrogen and oxygen atoms in total. The van der Waals surface area contributed by atoms with E-state index in [4.69, 9.17) is 4.74 Å². The third kappa shape index (κ3) is 1.99. The van der Waals surface area contributed by atoms with Crippen LogP contribution in [-0.2, 0) is 4.79 Å². The quantitative estimate of drug-likeness (QED) is 0.788. The zero-order valence-corrected chi connectivity index (χ0v) is 11.3. The molecule has 4 heteroatoms. The van der Waals surface area contributed by atoms with Gasteiger partial charge in [0.25, 0.3) is 0 Å². The van der Waals surface area contributed by atoms with Crippen molar-refractivity contribution in [3.8, 4) is 5.75 Å². The number of amides is 1. The fourth-order valence-corrected chi connectivity index (χ4v) is 3.60. The van der Waals surface area contributed by atoms with Gasteiger partial charge < -0.3 is 9.64 Å². The monoisotopic (exact) mass is 270 g/mol. The molecule has 2 bridgehead atoms. The van der Waals surface area contributed by atoms with Crippen LogP contribution in [0.5, 0.6) is 5.75 Å². The molecule has 20 heavy (non-hydrogen) atoms. The number of ether oxygens (including phenoxy) is 1. The Labute approximate surface area is 118 Å². The summed E-state index contributed by atoms with van der Waals surface area (Å²) in [5, 5.41) is 0. The number of aromatic nitrogens is 1. The molecular formula is C16H18N2O2. The van der Waals surface area contributed by atoms with Crippen LogP contribution >= 0.6 is 0 Å². The van der Waals surface area contributed by atoms with Crippen LogP contribution in [0.2, 0.25) is 0 Å². The predicted molar refractivity (Wildman–Crippen MR) is 74.1 cm³/mol. The summed E-state index contributed by atoms with van der Waals surface area (Å²) in [4.78, 5) is 18.4. The summed E-state index contributed by atoms with van der Waals surface area (Å²) < 4.78 is 5.78. The molecule has 0 N–H and O–H groups in total. The van der Waals surface area contributed by atoms with Crippen molar-refractivity contribution in [2.24, 2.45) is 17.8 Å².